The topological polar surface area (TPSA) is 112 Å². The standard InChI is InChI=1S/C19H19N3O6/c1-4-22-16-14(17(23)21-19(22)25)12(13-10(20-16)8-28-18(13)24)9-6-5-7-11(26-2)15(9)27-3/h5-7,12,20H,4,8H2,1-3H3,(H,21,23,25)/t12-/m1/s1. The van der Waals surface area contributed by atoms with Gasteiger partial charge in [0.2, 0.25) is 0 Å². The normalized spacial score (nSPS) is 17.5. The smallest absolute Gasteiger partial charge is 0.337 e. The summed E-state index contributed by atoms with van der Waals surface area (Å²) in [6.07, 6.45) is 0. The largest absolute Gasteiger partial charge is 0.493 e. The molecular weight excluding hydrogens is 366 g/mol. The van der Waals surface area contributed by atoms with Crippen LogP contribution in [-0.2, 0) is 16.1 Å². The lowest BCUT2D eigenvalue weighted by atomic mass is 9.82. The third-order valence-corrected chi connectivity index (χ3v) is 5.04. The summed E-state index contributed by atoms with van der Waals surface area (Å²) in [5.41, 5.74) is 0.585. The van der Waals surface area contributed by atoms with Crippen LogP contribution in [0.5, 0.6) is 11.5 Å². The van der Waals surface area contributed by atoms with Crippen LogP contribution in [0, 0.1) is 0 Å². The van der Waals surface area contributed by atoms with Crippen molar-refractivity contribution in [3.63, 3.8) is 0 Å². The fourth-order valence-corrected chi connectivity index (χ4v) is 3.84. The van der Waals surface area contributed by atoms with Crippen molar-refractivity contribution in [2.45, 2.75) is 19.4 Å². The maximum absolute atomic E-state index is 12.8. The Labute approximate surface area is 159 Å². The van der Waals surface area contributed by atoms with Gasteiger partial charge in [-0.25, -0.2) is 9.59 Å². The Balaban J connectivity index is 2.09. The number of para-hydroxylation sites is 1. The summed E-state index contributed by atoms with van der Waals surface area (Å²) in [5, 5.41) is 3.06. The van der Waals surface area contributed by atoms with E-state index in [0.29, 0.717) is 40.7 Å². The first-order valence-corrected chi connectivity index (χ1v) is 8.76. The second-order valence-corrected chi connectivity index (χ2v) is 6.37. The van der Waals surface area contributed by atoms with E-state index in [1.165, 1.54) is 18.8 Å². The molecule has 2 aromatic rings. The molecule has 4 rings (SSSR count). The van der Waals surface area contributed by atoms with Crippen molar-refractivity contribution in [2.75, 3.05) is 26.1 Å². The number of anilines is 1. The van der Waals surface area contributed by atoms with Crippen molar-refractivity contribution >= 4 is 11.8 Å². The van der Waals surface area contributed by atoms with E-state index in [0.717, 1.165) is 0 Å². The van der Waals surface area contributed by atoms with Crippen LogP contribution in [-0.4, -0.2) is 36.3 Å². The Morgan fingerprint density at radius 2 is 2.00 bits per heavy atom. The lowest BCUT2D eigenvalue weighted by Gasteiger charge is -2.29. The number of H-pyrrole nitrogens is 1. The number of hydrogen-bond acceptors (Lipinski definition) is 7. The fourth-order valence-electron chi connectivity index (χ4n) is 3.84. The van der Waals surface area contributed by atoms with Crippen molar-refractivity contribution in [1.82, 2.24) is 9.55 Å². The Kier molecular flexibility index (Phi) is 4.21. The predicted molar refractivity (Wildman–Crippen MR) is 100.0 cm³/mol. The van der Waals surface area contributed by atoms with Crippen molar-refractivity contribution in [1.29, 1.82) is 0 Å². The van der Waals surface area contributed by atoms with Gasteiger partial charge in [0.1, 0.15) is 12.4 Å². The highest BCUT2D eigenvalue weighted by Crippen LogP contribution is 2.47. The molecule has 0 unspecified atom stereocenters. The molecule has 28 heavy (non-hydrogen) atoms. The first-order chi connectivity index (χ1) is 13.5. The van der Waals surface area contributed by atoms with Gasteiger partial charge in [0.25, 0.3) is 5.56 Å². The number of methoxy groups -OCH3 is 2. The number of esters is 1. The summed E-state index contributed by atoms with van der Waals surface area (Å²) in [6, 6.07) is 5.24. The maximum atomic E-state index is 12.8. The molecule has 0 saturated carbocycles. The van der Waals surface area contributed by atoms with Gasteiger partial charge in [-0.15, -0.1) is 0 Å². The molecule has 3 heterocycles. The van der Waals surface area contributed by atoms with E-state index in [4.69, 9.17) is 14.2 Å². The van der Waals surface area contributed by atoms with Gasteiger partial charge < -0.3 is 19.5 Å². The van der Waals surface area contributed by atoms with Crippen LogP contribution in [0.3, 0.4) is 0 Å². The molecule has 9 heteroatoms. The van der Waals surface area contributed by atoms with Crippen LogP contribution < -0.4 is 26.0 Å². The molecule has 2 N–H and O–H groups in total. The van der Waals surface area contributed by atoms with Gasteiger partial charge in [-0.2, -0.15) is 0 Å². The zero-order chi connectivity index (χ0) is 20.0. The van der Waals surface area contributed by atoms with Crippen LogP contribution >= 0.6 is 0 Å². The van der Waals surface area contributed by atoms with Gasteiger partial charge >= 0.3 is 11.7 Å². The Morgan fingerprint density at radius 1 is 1.21 bits per heavy atom. The lowest BCUT2D eigenvalue weighted by Crippen LogP contribution is -2.38. The van der Waals surface area contributed by atoms with Crippen molar-refractivity contribution < 1.29 is 19.0 Å². The number of hydrogen-bond donors (Lipinski definition) is 2. The van der Waals surface area contributed by atoms with Gasteiger partial charge in [0.15, 0.2) is 11.5 Å². The number of carbonyl (C=O) groups excluding carboxylic acids is 1. The van der Waals surface area contributed by atoms with E-state index in [1.807, 2.05) is 0 Å². The molecule has 2 aliphatic rings. The molecule has 0 radical (unpaired) electrons. The summed E-state index contributed by atoms with van der Waals surface area (Å²) in [5.74, 6) is -0.0646. The van der Waals surface area contributed by atoms with E-state index in [2.05, 4.69) is 10.3 Å². The van der Waals surface area contributed by atoms with Crippen LogP contribution in [0.15, 0.2) is 39.1 Å². The number of ether oxygens (including phenoxy) is 3. The lowest BCUT2D eigenvalue weighted by molar-refractivity contribution is -0.136. The number of aromatic amines is 1. The minimum absolute atomic E-state index is 0.0428. The first-order valence-electron chi connectivity index (χ1n) is 8.76. The first kappa shape index (κ1) is 17.9. The number of fused-ring (bicyclic) bond motifs is 1. The predicted octanol–water partition coefficient (Wildman–Crippen LogP) is 0.942. The van der Waals surface area contributed by atoms with Gasteiger partial charge in [0, 0.05) is 12.1 Å². The number of rotatable bonds is 4. The maximum Gasteiger partial charge on any atom is 0.337 e. The van der Waals surface area contributed by atoms with Crippen LogP contribution in [0.1, 0.15) is 24.0 Å². The summed E-state index contributed by atoms with van der Waals surface area (Å²) in [7, 11) is 3.00. The van der Waals surface area contributed by atoms with E-state index in [9.17, 15) is 14.4 Å². The molecule has 2 aliphatic heterocycles. The van der Waals surface area contributed by atoms with Crippen LogP contribution in [0.4, 0.5) is 5.82 Å². The Bertz CT molecular complexity index is 1130. The van der Waals surface area contributed by atoms with Crippen molar-refractivity contribution in [3.8, 4) is 11.5 Å². The molecule has 0 saturated heterocycles. The minimum atomic E-state index is -0.770. The van der Waals surface area contributed by atoms with E-state index in [1.54, 1.807) is 25.1 Å². The number of nitrogens with zero attached hydrogens (tertiary/aromatic N) is 1. The third kappa shape index (κ3) is 2.43. The monoisotopic (exact) mass is 385 g/mol. The number of benzene rings is 1. The fraction of sp³-hybridized carbons (Fsp3) is 0.316. The van der Waals surface area contributed by atoms with E-state index < -0.39 is 23.1 Å². The molecular formula is C19H19N3O6. The van der Waals surface area contributed by atoms with Crippen LogP contribution in [0.2, 0.25) is 0 Å². The zero-order valence-corrected chi connectivity index (χ0v) is 15.6. The summed E-state index contributed by atoms with van der Waals surface area (Å²) >= 11 is 0. The van der Waals surface area contributed by atoms with Crippen molar-refractivity contribution in [2.24, 2.45) is 0 Å². The van der Waals surface area contributed by atoms with E-state index >= 15 is 0 Å². The molecule has 1 aromatic carbocycles. The summed E-state index contributed by atoms with van der Waals surface area (Å²) in [6.45, 7) is 2.18. The molecule has 0 spiro atoms. The van der Waals surface area contributed by atoms with Gasteiger partial charge in [-0.05, 0) is 13.0 Å². The molecule has 1 atom stereocenters. The summed E-state index contributed by atoms with van der Waals surface area (Å²) < 4.78 is 17.5. The summed E-state index contributed by atoms with van der Waals surface area (Å²) in [4.78, 5) is 40.0. The quantitative estimate of drug-likeness (QED) is 0.754. The van der Waals surface area contributed by atoms with Gasteiger partial charge in [-0.3, -0.25) is 14.3 Å². The van der Waals surface area contributed by atoms with Gasteiger partial charge in [0.05, 0.1) is 37.0 Å². The average molecular weight is 385 g/mol. The van der Waals surface area contributed by atoms with Crippen molar-refractivity contribution in [3.05, 3.63) is 61.4 Å². The molecule has 0 fully saturated rings. The Hall–Kier alpha value is -3.49. The highest BCUT2D eigenvalue weighted by atomic mass is 16.5. The second kappa shape index (κ2) is 6.59. The Morgan fingerprint density at radius 3 is 2.68 bits per heavy atom. The zero-order valence-electron chi connectivity index (χ0n) is 15.6. The molecule has 1 aromatic heterocycles. The second-order valence-electron chi connectivity index (χ2n) is 6.37. The number of nitrogens with one attached hydrogen (secondary N) is 2. The molecule has 0 aliphatic carbocycles. The molecule has 9 nitrogen and oxygen atoms in total. The minimum Gasteiger partial charge on any atom is -0.493 e. The number of carbonyl (C=O) groups is 1. The SMILES string of the molecule is CCn1c2c(c(=O)[nH]c1=O)[C@H](c1cccc(OC)c1OC)C1=C(COC1=O)N2. The molecule has 146 valence electrons. The average Bonchev–Trinajstić information content (AvgIpc) is 3.06. The highest BCUT2D eigenvalue weighted by molar-refractivity contribution is 5.97. The molecule has 0 amide bonds. The number of cyclic esters (lactones) is 1. The highest BCUT2D eigenvalue weighted by Gasteiger charge is 2.42. The molecule has 0 bridgehead atoms. The van der Waals surface area contributed by atoms with Crippen LogP contribution in [0.25, 0.3) is 0 Å². The third-order valence-electron chi connectivity index (χ3n) is 5.04. The van der Waals surface area contributed by atoms with E-state index in [-0.39, 0.29) is 12.2 Å². The number of aromatic nitrogens is 2. The van der Waals surface area contributed by atoms with Gasteiger partial charge in [-0.1, -0.05) is 12.1 Å².